The van der Waals surface area contributed by atoms with E-state index in [1.165, 1.54) is 0 Å². The van der Waals surface area contributed by atoms with Gasteiger partial charge in [0.25, 0.3) is 6.43 Å². The Balaban J connectivity index is 2.42. The lowest BCUT2D eigenvalue weighted by atomic mass is 10.2. The minimum Gasteiger partial charge on any atom is -0.444 e. The monoisotopic (exact) mass is 315 g/mol. The minimum absolute atomic E-state index is 0.0616. The third-order valence-corrected chi connectivity index (χ3v) is 2.63. The predicted octanol–water partition coefficient (Wildman–Crippen LogP) is 3.71. The molecule has 124 valence electrons. The zero-order valence-electron chi connectivity index (χ0n) is 13.2. The molecule has 0 fully saturated rings. The molecule has 4 nitrogen and oxygen atoms in total. The van der Waals surface area contributed by atoms with Gasteiger partial charge in [0.1, 0.15) is 5.60 Å². The van der Waals surface area contributed by atoms with Gasteiger partial charge >= 0.3 is 6.09 Å². The van der Waals surface area contributed by atoms with Crippen LogP contribution in [0, 0.1) is 0 Å². The van der Waals surface area contributed by atoms with Crippen molar-refractivity contribution < 1.29 is 23.0 Å². The summed E-state index contributed by atoms with van der Waals surface area (Å²) in [7, 11) is 0. The SMILES string of the molecule is CC(C)(C)OC(=O)N(CCOCc1ccccc1)CC(F)F. The average molecular weight is 315 g/mol. The fourth-order valence-electron chi connectivity index (χ4n) is 1.69. The zero-order chi connectivity index (χ0) is 16.6. The number of hydrogen-bond donors (Lipinski definition) is 0. The van der Waals surface area contributed by atoms with Crippen LogP contribution in [-0.4, -0.2) is 42.7 Å². The fraction of sp³-hybridized carbons (Fsp3) is 0.562. The van der Waals surface area contributed by atoms with Crippen LogP contribution < -0.4 is 0 Å². The first-order chi connectivity index (χ1) is 10.3. The van der Waals surface area contributed by atoms with Gasteiger partial charge in [-0.2, -0.15) is 0 Å². The summed E-state index contributed by atoms with van der Waals surface area (Å²) in [4.78, 5) is 12.8. The summed E-state index contributed by atoms with van der Waals surface area (Å²) in [6.07, 6.45) is -3.36. The highest BCUT2D eigenvalue weighted by Gasteiger charge is 2.24. The van der Waals surface area contributed by atoms with E-state index in [1.807, 2.05) is 30.3 Å². The van der Waals surface area contributed by atoms with Gasteiger partial charge < -0.3 is 14.4 Å². The Morgan fingerprint density at radius 2 is 1.86 bits per heavy atom. The second-order valence-corrected chi connectivity index (χ2v) is 5.86. The molecule has 1 aromatic rings. The number of benzene rings is 1. The number of ether oxygens (including phenoxy) is 2. The van der Waals surface area contributed by atoms with Crippen LogP contribution in [-0.2, 0) is 16.1 Å². The maximum absolute atomic E-state index is 12.6. The van der Waals surface area contributed by atoms with Crippen molar-refractivity contribution in [3.05, 3.63) is 35.9 Å². The van der Waals surface area contributed by atoms with Crippen LogP contribution in [0.25, 0.3) is 0 Å². The lowest BCUT2D eigenvalue weighted by molar-refractivity contribution is 0.00110. The number of rotatable bonds is 7. The number of nitrogens with zero attached hydrogens (tertiary/aromatic N) is 1. The molecule has 0 unspecified atom stereocenters. The van der Waals surface area contributed by atoms with Gasteiger partial charge in [-0.1, -0.05) is 30.3 Å². The van der Waals surface area contributed by atoms with Crippen molar-refractivity contribution >= 4 is 6.09 Å². The van der Waals surface area contributed by atoms with Gasteiger partial charge in [0.15, 0.2) is 0 Å². The maximum atomic E-state index is 12.6. The molecule has 0 aliphatic heterocycles. The molecule has 0 saturated carbocycles. The van der Waals surface area contributed by atoms with Crippen molar-refractivity contribution in [1.29, 1.82) is 0 Å². The van der Waals surface area contributed by atoms with E-state index in [0.29, 0.717) is 6.61 Å². The molecule has 6 heteroatoms. The lowest BCUT2D eigenvalue weighted by Crippen LogP contribution is -2.41. The van der Waals surface area contributed by atoms with Gasteiger partial charge in [0.2, 0.25) is 0 Å². The van der Waals surface area contributed by atoms with E-state index in [9.17, 15) is 13.6 Å². The Kier molecular flexibility index (Phi) is 7.24. The summed E-state index contributed by atoms with van der Waals surface area (Å²) in [5.74, 6) is 0. The van der Waals surface area contributed by atoms with E-state index >= 15 is 0 Å². The fourth-order valence-corrected chi connectivity index (χ4v) is 1.69. The first kappa shape index (κ1) is 18.4. The quantitative estimate of drug-likeness (QED) is 0.720. The Bertz CT molecular complexity index is 446. The summed E-state index contributed by atoms with van der Waals surface area (Å²) < 4.78 is 35.7. The highest BCUT2D eigenvalue weighted by atomic mass is 19.3. The number of halogens is 2. The van der Waals surface area contributed by atoms with Crippen molar-refractivity contribution in [3.63, 3.8) is 0 Å². The molecule has 0 atom stereocenters. The minimum atomic E-state index is -2.61. The third-order valence-electron chi connectivity index (χ3n) is 2.63. The standard InChI is InChI=1S/C16H23F2NO3/c1-16(2,3)22-15(20)19(11-14(17)18)9-10-21-12-13-7-5-4-6-8-13/h4-8,14H,9-12H2,1-3H3. The molecule has 0 heterocycles. The molecular weight excluding hydrogens is 292 g/mol. The molecule has 0 bridgehead atoms. The Morgan fingerprint density at radius 1 is 1.23 bits per heavy atom. The van der Waals surface area contributed by atoms with Crippen LogP contribution in [0.1, 0.15) is 26.3 Å². The molecule has 0 radical (unpaired) electrons. The smallest absolute Gasteiger partial charge is 0.410 e. The summed E-state index contributed by atoms with van der Waals surface area (Å²) >= 11 is 0. The van der Waals surface area contributed by atoms with Crippen LogP contribution >= 0.6 is 0 Å². The summed E-state index contributed by atoms with van der Waals surface area (Å²) in [6.45, 7) is 5.01. The largest absolute Gasteiger partial charge is 0.444 e. The highest BCUT2D eigenvalue weighted by molar-refractivity contribution is 5.68. The third kappa shape index (κ3) is 7.93. The first-order valence-corrected chi connectivity index (χ1v) is 7.15. The van der Waals surface area contributed by atoms with E-state index in [4.69, 9.17) is 9.47 Å². The Hall–Kier alpha value is -1.69. The van der Waals surface area contributed by atoms with Gasteiger partial charge in [0.05, 0.1) is 19.8 Å². The molecule has 0 aliphatic rings. The Labute approximate surface area is 130 Å². The van der Waals surface area contributed by atoms with E-state index in [-0.39, 0.29) is 13.2 Å². The van der Waals surface area contributed by atoms with Crippen molar-refractivity contribution in [2.24, 2.45) is 0 Å². The molecular formula is C16H23F2NO3. The van der Waals surface area contributed by atoms with Gasteiger partial charge in [-0.25, -0.2) is 13.6 Å². The van der Waals surface area contributed by atoms with E-state index in [0.717, 1.165) is 10.5 Å². The van der Waals surface area contributed by atoms with Crippen LogP contribution in [0.5, 0.6) is 0 Å². The molecule has 0 aliphatic carbocycles. The van der Waals surface area contributed by atoms with Crippen LogP contribution in [0.3, 0.4) is 0 Å². The molecule has 0 aromatic heterocycles. The molecule has 22 heavy (non-hydrogen) atoms. The van der Waals surface area contributed by atoms with Crippen molar-refractivity contribution in [2.45, 2.75) is 39.4 Å². The number of amides is 1. The molecule has 0 spiro atoms. The number of carbonyl (C=O) groups is 1. The molecule has 0 N–H and O–H groups in total. The molecule has 1 aromatic carbocycles. The summed E-state index contributed by atoms with van der Waals surface area (Å²) in [6, 6.07) is 9.50. The first-order valence-electron chi connectivity index (χ1n) is 7.15. The Morgan fingerprint density at radius 3 is 2.41 bits per heavy atom. The van der Waals surface area contributed by atoms with E-state index in [2.05, 4.69) is 0 Å². The second kappa shape index (κ2) is 8.68. The van der Waals surface area contributed by atoms with Crippen LogP contribution in [0.15, 0.2) is 30.3 Å². The van der Waals surface area contributed by atoms with Gasteiger partial charge in [-0.05, 0) is 26.3 Å². The van der Waals surface area contributed by atoms with Crippen LogP contribution in [0.2, 0.25) is 0 Å². The highest BCUT2D eigenvalue weighted by Crippen LogP contribution is 2.11. The average Bonchev–Trinajstić information content (AvgIpc) is 2.41. The predicted molar refractivity (Wildman–Crippen MR) is 79.9 cm³/mol. The van der Waals surface area contributed by atoms with Gasteiger partial charge in [0, 0.05) is 6.54 Å². The number of carbonyl (C=O) groups excluding carboxylic acids is 1. The van der Waals surface area contributed by atoms with Crippen LogP contribution in [0.4, 0.5) is 13.6 Å². The van der Waals surface area contributed by atoms with Crippen molar-refractivity contribution in [3.8, 4) is 0 Å². The van der Waals surface area contributed by atoms with Gasteiger partial charge in [-0.15, -0.1) is 0 Å². The van der Waals surface area contributed by atoms with Crippen molar-refractivity contribution in [1.82, 2.24) is 4.90 Å². The summed E-state index contributed by atoms with van der Waals surface area (Å²) in [5.41, 5.74) is 0.266. The zero-order valence-corrected chi connectivity index (χ0v) is 13.2. The van der Waals surface area contributed by atoms with Crippen molar-refractivity contribution in [2.75, 3.05) is 19.7 Å². The van der Waals surface area contributed by atoms with Gasteiger partial charge in [-0.3, -0.25) is 0 Å². The maximum Gasteiger partial charge on any atom is 0.410 e. The second-order valence-electron chi connectivity index (χ2n) is 5.86. The molecule has 1 rings (SSSR count). The number of hydrogen-bond acceptors (Lipinski definition) is 3. The van der Waals surface area contributed by atoms with E-state index in [1.54, 1.807) is 20.8 Å². The number of alkyl halides is 2. The summed E-state index contributed by atoms with van der Waals surface area (Å²) in [5, 5.41) is 0. The lowest BCUT2D eigenvalue weighted by Gasteiger charge is -2.27. The molecule has 0 saturated heterocycles. The van der Waals surface area contributed by atoms with E-state index < -0.39 is 24.7 Å². The topological polar surface area (TPSA) is 38.8 Å². The normalized spacial score (nSPS) is 11.5. The molecule has 1 amide bonds.